The number of rotatable bonds is 6. The Morgan fingerprint density at radius 3 is 2.41 bits per heavy atom. The molecule has 1 aromatic carbocycles. The van der Waals surface area contributed by atoms with Crippen LogP contribution in [0, 0.1) is 0 Å². The molecule has 2 aromatic rings. The van der Waals surface area contributed by atoms with E-state index >= 15 is 0 Å². The number of anilines is 2. The number of benzene rings is 1. The number of nitrogens with one attached hydrogen (secondary N) is 1. The number of urea groups is 2. The van der Waals surface area contributed by atoms with E-state index in [1.807, 2.05) is 6.92 Å². The summed E-state index contributed by atoms with van der Waals surface area (Å²) in [5.41, 5.74) is -4.82. The van der Waals surface area contributed by atoms with Gasteiger partial charge in [-0.3, -0.25) is 10.1 Å². The third-order valence-corrected chi connectivity index (χ3v) is 6.11. The van der Waals surface area contributed by atoms with Crippen LogP contribution < -0.4 is 10.2 Å². The molecule has 34 heavy (non-hydrogen) atoms. The molecule has 0 bridgehead atoms. The van der Waals surface area contributed by atoms with Gasteiger partial charge in [-0.2, -0.15) is 13.2 Å². The number of carbonyl (C=O) groups is 3. The van der Waals surface area contributed by atoms with Crippen LogP contribution in [0.5, 0.6) is 0 Å². The fourth-order valence-corrected chi connectivity index (χ4v) is 3.84. The molecular formula is C22H24F3N5O3S. The van der Waals surface area contributed by atoms with E-state index in [0.29, 0.717) is 17.9 Å². The Morgan fingerprint density at radius 2 is 1.82 bits per heavy atom. The molecule has 182 valence electrons. The molecule has 1 saturated heterocycles. The number of aromatic nitrogens is 1. The molecule has 0 aliphatic carbocycles. The molecule has 12 heteroatoms. The number of amides is 5. The van der Waals surface area contributed by atoms with Crippen LogP contribution in [0.1, 0.15) is 26.3 Å². The van der Waals surface area contributed by atoms with Gasteiger partial charge < -0.3 is 9.80 Å². The van der Waals surface area contributed by atoms with Crippen molar-refractivity contribution in [2.75, 3.05) is 23.8 Å². The zero-order valence-electron chi connectivity index (χ0n) is 19.0. The molecule has 5 amide bonds. The Bertz CT molecular complexity index is 1090. The summed E-state index contributed by atoms with van der Waals surface area (Å²) in [4.78, 5) is 46.2. The van der Waals surface area contributed by atoms with Crippen molar-refractivity contribution in [3.63, 3.8) is 0 Å². The lowest BCUT2D eigenvalue weighted by Crippen LogP contribution is -2.43. The maximum absolute atomic E-state index is 13.2. The molecular weight excluding hydrogens is 471 g/mol. The zero-order chi connectivity index (χ0) is 25.3. The second-order valence-electron chi connectivity index (χ2n) is 8.10. The number of hydrogen-bond acceptors (Lipinski definition) is 5. The van der Waals surface area contributed by atoms with E-state index in [1.165, 1.54) is 40.3 Å². The minimum atomic E-state index is -4.44. The molecule has 0 spiro atoms. The highest BCUT2D eigenvalue weighted by Gasteiger charge is 2.51. The highest BCUT2D eigenvalue weighted by atomic mass is 32.2. The van der Waals surface area contributed by atoms with Crippen molar-refractivity contribution in [1.29, 1.82) is 0 Å². The van der Waals surface area contributed by atoms with Crippen LogP contribution in [0.3, 0.4) is 0 Å². The second kappa shape index (κ2) is 9.53. The van der Waals surface area contributed by atoms with Crippen molar-refractivity contribution in [2.24, 2.45) is 0 Å². The highest BCUT2D eigenvalue weighted by molar-refractivity contribution is 8.00. The Labute approximate surface area is 199 Å². The van der Waals surface area contributed by atoms with E-state index in [4.69, 9.17) is 0 Å². The molecule has 8 nitrogen and oxygen atoms in total. The molecule has 1 fully saturated rings. The lowest BCUT2D eigenvalue weighted by Gasteiger charge is -2.27. The number of pyridine rings is 1. The van der Waals surface area contributed by atoms with Crippen molar-refractivity contribution < 1.29 is 27.6 Å². The van der Waals surface area contributed by atoms with Gasteiger partial charge in [0.1, 0.15) is 11.4 Å². The fraction of sp³-hybridized carbons (Fsp3) is 0.364. The van der Waals surface area contributed by atoms with Crippen LogP contribution in [-0.2, 0) is 11.3 Å². The number of halogens is 3. The number of alkyl halides is 3. The van der Waals surface area contributed by atoms with E-state index in [1.54, 1.807) is 33.0 Å². The number of hydrogen-bond donors (Lipinski definition) is 1. The monoisotopic (exact) mass is 495 g/mol. The molecule has 3 rings (SSSR count). The quantitative estimate of drug-likeness (QED) is 0.454. The standard InChI is InChI=1S/C22H24F3N5O3S/c1-5-28(4)19(32)27-17-12-14(10-11-26-17)13-29-20(33)30(18(31)21(29,2)3)15-6-8-16(9-7-15)34-22(23,24)25/h6-12H,5,13H2,1-4H3,(H,26,27,32). The van der Waals surface area contributed by atoms with Gasteiger partial charge in [-0.05, 0) is 74.5 Å². The third kappa shape index (κ3) is 5.44. The molecule has 1 N–H and O–H groups in total. The summed E-state index contributed by atoms with van der Waals surface area (Å²) >= 11 is -0.273. The Balaban J connectivity index is 1.80. The Hall–Kier alpha value is -3.28. The SMILES string of the molecule is CCN(C)C(=O)Nc1cc(CN2C(=O)N(c3ccc(SC(F)(F)F)cc3)C(=O)C2(C)C)ccn1. The van der Waals surface area contributed by atoms with E-state index in [-0.39, 0.29) is 34.9 Å². The maximum Gasteiger partial charge on any atom is 0.446 e. The van der Waals surface area contributed by atoms with Crippen LogP contribution in [0.15, 0.2) is 47.5 Å². The van der Waals surface area contributed by atoms with Crippen LogP contribution in [-0.4, -0.2) is 57.4 Å². The molecule has 1 aliphatic heterocycles. The van der Waals surface area contributed by atoms with E-state index in [9.17, 15) is 27.6 Å². The summed E-state index contributed by atoms with van der Waals surface area (Å²) in [5, 5.41) is 2.67. The summed E-state index contributed by atoms with van der Waals surface area (Å²) in [6.07, 6.45) is 1.49. The molecule has 0 saturated carbocycles. The third-order valence-electron chi connectivity index (χ3n) is 5.37. The zero-order valence-corrected chi connectivity index (χ0v) is 19.8. The number of imide groups is 1. The first kappa shape index (κ1) is 25.3. The first-order chi connectivity index (χ1) is 15.8. The summed E-state index contributed by atoms with van der Waals surface area (Å²) in [7, 11) is 1.64. The van der Waals surface area contributed by atoms with Gasteiger partial charge in [-0.25, -0.2) is 19.5 Å². The molecule has 1 aromatic heterocycles. The van der Waals surface area contributed by atoms with E-state index in [0.717, 1.165) is 4.90 Å². The van der Waals surface area contributed by atoms with Crippen LogP contribution in [0.2, 0.25) is 0 Å². The number of thioether (sulfide) groups is 1. The minimum Gasteiger partial charge on any atom is -0.328 e. The summed E-state index contributed by atoms with van der Waals surface area (Å²) in [5.74, 6) is -0.200. The molecule has 1 aliphatic rings. The normalized spacial score (nSPS) is 15.6. The summed E-state index contributed by atoms with van der Waals surface area (Å²) < 4.78 is 37.8. The highest BCUT2D eigenvalue weighted by Crippen LogP contribution is 2.39. The molecule has 0 unspecified atom stereocenters. The van der Waals surface area contributed by atoms with Gasteiger partial charge >= 0.3 is 17.6 Å². The predicted molar refractivity (Wildman–Crippen MR) is 122 cm³/mol. The number of nitrogens with zero attached hydrogens (tertiary/aromatic N) is 4. The Kier molecular flexibility index (Phi) is 7.10. The summed E-state index contributed by atoms with van der Waals surface area (Å²) in [6, 6.07) is 7.41. The van der Waals surface area contributed by atoms with Crippen molar-refractivity contribution in [2.45, 2.75) is 43.3 Å². The largest absolute Gasteiger partial charge is 0.446 e. The van der Waals surface area contributed by atoms with Gasteiger partial charge in [0.25, 0.3) is 5.91 Å². The van der Waals surface area contributed by atoms with E-state index < -0.39 is 23.0 Å². The molecule has 0 radical (unpaired) electrons. The van der Waals surface area contributed by atoms with Crippen molar-refractivity contribution in [1.82, 2.24) is 14.8 Å². The molecule has 0 atom stereocenters. The lowest BCUT2D eigenvalue weighted by molar-refractivity contribution is -0.123. The fourth-order valence-electron chi connectivity index (χ4n) is 3.30. The van der Waals surface area contributed by atoms with Gasteiger partial charge in [0.05, 0.1) is 5.69 Å². The van der Waals surface area contributed by atoms with Crippen LogP contribution in [0.4, 0.5) is 34.3 Å². The second-order valence-corrected chi connectivity index (χ2v) is 9.24. The van der Waals surface area contributed by atoms with Crippen LogP contribution in [0.25, 0.3) is 0 Å². The first-order valence-corrected chi connectivity index (χ1v) is 11.1. The summed E-state index contributed by atoms with van der Waals surface area (Å²) in [6.45, 7) is 5.60. The van der Waals surface area contributed by atoms with Crippen molar-refractivity contribution in [3.05, 3.63) is 48.2 Å². The Morgan fingerprint density at radius 1 is 1.18 bits per heavy atom. The van der Waals surface area contributed by atoms with Crippen LogP contribution >= 0.6 is 11.8 Å². The smallest absolute Gasteiger partial charge is 0.328 e. The first-order valence-electron chi connectivity index (χ1n) is 10.3. The van der Waals surface area contributed by atoms with E-state index in [2.05, 4.69) is 10.3 Å². The van der Waals surface area contributed by atoms with Crippen molar-refractivity contribution >= 4 is 41.2 Å². The minimum absolute atomic E-state index is 0.0495. The maximum atomic E-state index is 13.2. The average Bonchev–Trinajstić information content (AvgIpc) is 2.92. The topological polar surface area (TPSA) is 85.9 Å². The van der Waals surface area contributed by atoms with Gasteiger partial charge in [0, 0.05) is 31.2 Å². The van der Waals surface area contributed by atoms with Gasteiger partial charge in [0.2, 0.25) is 0 Å². The van der Waals surface area contributed by atoms with Gasteiger partial charge in [-0.15, -0.1) is 0 Å². The van der Waals surface area contributed by atoms with Crippen molar-refractivity contribution in [3.8, 4) is 0 Å². The van der Waals surface area contributed by atoms with Gasteiger partial charge in [-0.1, -0.05) is 0 Å². The lowest BCUT2D eigenvalue weighted by atomic mass is 10.0. The number of carbonyl (C=O) groups excluding carboxylic acids is 3. The molecule has 2 heterocycles. The average molecular weight is 496 g/mol. The predicted octanol–water partition coefficient (Wildman–Crippen LogP) is 4.92. The van der Waals surface area contributed by atoms with Gasteiger partial charge in [0.15, 0.2) is 0 Å².